The molecular weight excluding hydrogens is 228 g/mol. The van der Waals surface area contributed by atoms with Crippen LogP contribution in [0.15, 0.2) is 30.3 Å². The lowest BCUT2D eigenvalue weighted by atomic mass is 9.99. The van der Waals surface area contributed by atoms with Gasteiger partial charge in [-0.25, -0.2) is 9.78 Å². The summed E-state index contributed by atoms with van der Waals surface area (Å²) < 4.78 is 0. The van der Waals surface area contributed by atoms with Crippen molar-refractivity contribution in [3.05, 3.63) is 47.2 Å². The number of benzene rings is 1. The van der Waals surface area contributed by atoms with E-state index in [2.05, 4.69) is 4.98 Å². The Kier molecular flexibility index (Phi) is 3.02. The first-order valence-electron chi connectivity index (χ1n) is 5.56. The molecule has 3 N–H and O–H groups in total. The molecule has 0 radical (unpaired) electrons. The van der Waals surface area contributed by atoms with Crippen LogP contribution in [0.5, 0.6) is 0 Å². The molecule has 0 bridgehead atoms. The standard InChI is InChI=1S/C14H14N2O2/c1-8-3-4-10(7-9(8)2)11-5-6-12(15)16-13(11)14(17)18/h3-7H,1-2H3,(H2,15,16)(H,17,18). The molecule has 92 valence electrons. The van der Waals surface area contributed by atoms with Crippen molar-refractivity contribution in [1.82, 2.24) is 4.98 Å². The minimum absolute atomic E-state index is 0.0155. The van der Waals surface area contributed by atoms with E-state index in [0.717, 1.165) is 11.1 Å². The van der Waals surface area contributed by atoms with E-state index in [4.69, 9.17) is 10.8 Å². The topological polar surface area (TPSA) is 76.2 Å². The molecule has 0 spiro atoms. The van der Waals surface area contributed by atoms with Crippen molar-refractivity contribution in [2.24, 2.45) is 0 Å². The van der Waals surface area contributed by atoms with Crippen LogP contribution >= 0.6 is 0 Å². The van der Waals surface area contributed by atoms with Crippen LogP contribution in [-0.2, 0) is 0 Å². The van der Waals surface area contributed by atoms with Gasteiger partial charge < -0.3 is 10.8 Å². The van der Waals surface area contributed by atoms with E-state index < -0.39 is 5.97 Å². The number of carbonyl (C=O) groups is 1. The van der Waals surface area contributed by atoms with Crippen LogP contribution in [0.25, 0.3) is 11.1 Å². The maximum absolute atomic E-state index is 11.2. The summed E-state index contributed by atoms with van der Waals surface area (Å²) in [6.07, 6.45) is 0. The number of anilines is 1. The van der Waals surface area contributed by atoms with E-state index in [-0.39, 0.29) is 11.5 Å². The molecule has 1 aromatic heterocycles. The number of pyridine rings is 1. The van der Waals surface area contributed by atoms with Crippen LogP contribution in [0.1, 0.15) is 21.6 Å². The molecule has 0 unspecified atom stereocenters. The van der Waals surface area contributed by atoms with Gasteiger partial charge in [0.1, 0.15) is 5.82 Å². The van der Waals surface area contributed by atoms with E-state index >= 15 is 0 Å². The van der Waals surface area contributed by atoms with E-state index in [1.165, 1.54) is 5.56 Å². The second-order valence-corrected chi connectivity index (χ2v) is 4.24. The quantitative estimate of drug-likeness (QED) is 0.848. The molecule has 18 heavy (non-hydrogen) atoms. The third-order valence-electron chi connectivity index (χ3n) is 2.94. The molecule has 0 atom stereocenters. The zero-order valence-corrected chi connectivity index (χ0v) is 10.3. The molecule has 0 aliphatic heterocycles. The number of aromatic nitrogens is 1. The first kappa shape index (κ1) is 12.1. The van der Waals surface area contributed by atoms with Crippen molar-refractivity contribution in [2.75, 3.05) is 5.73 Å². The Bertz CT molecular complexity index is 621. The number of nitrogens with zero attached hydrogens (tertiary/aromatic N) is 1. The highest BCUT2D eigenvalue weighted by Gasteiger charge is 2.14. The van der Waals surface area contributed by atoms with Gasteiger partial charge in [-0.05, 0) is 42.7 Å². The Morgan fingerprint density at radius 2 is 1.89 bits per heavy atom. The molecule has 0 saturated heterocycles. The number of aryl methyl sites for hydroxylation is 2. The Morgan fingerprint density at radius 3 is 2.50 bits per heavy atom. The van der Waals surface area contributed by atoms with Crippen molar-refractivity contribution in [3.63, 3.8) is 0 Å². The summed E-state index contributed by atoms with van der Waals surface area (Å²) in [6.45, 7) is 4.00. The van der Waals surface area contributed by atoms with E-state index in [1.54, 1.807) is 12.1 Å². The van der Waals surface area contributed by atoms with Gasteiger partial charge in [0, 0.05) is 5.56 Å². The Balaban J connectivity index is 2.63. The molecular formula is C14H14N2O2. The molecule has 4 nitrogen and oxygen atoms in total. The van der Waals surface area contributed by atoms with Gasteiger partial charge in [0.25, 0.3) is 0 Å². The molecule has 1 heterocycles. The SMILES string of the molecule is Cc1ccc(-c2ccc(N)nc2C(=O)O)cc1C. The van der Waals surface area contributed by atoms with Gasteiger partial charge in [-0.15, -0.1) is 0 Å². The molecule has 4 heteroatoms. The molecule has 0 fully saturated rings. The van der Waals surface area contributed by atoms with Crippen molar-refractivity contribution < 1.29 is 9.90 Å². The average molecular weight is 242 g/mol. The highest BCUT2D eigenvalue weighted by atomic mass is 16.4. The molecule has 0 saturated carbocycles. The predicted octanol–water partition coefficient (Wildman–Crippen LogP) is 2.65. The molecule has 1 aromatic carbocycles. The van der Waals surface area contributed by atoms with Crippen molar-refractivity contribution in [1.29, 1.82) is 0 Å². The Labute approximate surface area is 105 Å². The zero-order valence-electron chi connectivity index (χ0n) is 10.3. The number of hydrogen-bond acceptors (Lipinski definition) is 3. The monoisotopic (exact) mass is 242 g/mol. The van der Waals surface area contributed by atoms with Crippen LogP contribution in [0, 0.1) is 13.8 Å². The number of carboxylic acids is 1. The lowest BCUT2D eigenvalue weighted by Crippen LogP contribution is -2.05. The highest BCUT2D eigenvalue weighted by molar-refractivity contribution is 5.94. The summed E-state index contributed by atoms with van der Waals surface area (Å²) in [5.41, 5.74) is 9.20. The first-order valence-corrected chi connectivity index (χ1v) is 5.56. The minimum atomic E-state index is -1.07. The first-order chi connectivity index (χ1) is 8.49. The fourth-order valence-corrected chi connectivity index (χ4v) is 1.78. The van der Waals surface area contributed by atoms with Gasteiger partial charge in [0.15, 0.2) is 5.69 Å². The third kappa shape index (κ3) is 2.18. The smallest absolute Gasteiger partial charge is 0.355 e. The number of rotatable bonds is 2. The predicted molar refractivity (Wildman–Crippen MR) is 70.5 cm³/mol. The fraction of sp³-hybridized carbons (Fsp3) is 0.143. The fourth-order valence-electron chi connectivity index (χ4n) is 1.78. The number of hydrogen-bond donors (Lipinski definition) is 2. The van der Waals surface area contributed by atoms with Crippen molar-refractivity contribution >= 4 is 11.8 Å². The molecule has 2 aromatic rings. The minimum Gasteiger partial charge on any atom is -0.476 e. The molecule has 2 rings (SSSR count). The van der Waals surface area contributed by atoms with Gasteiger partial charge in [0.05, 0.1) is 0 Å². The summed E-state index contributed by atoms with van der Waals surface area (Å²) >= 11 is 0. The van der Waals surface area contributed by atoms with Gasteiger partial charge in [-0.1, -0.05) is 18.2 Å². The summed E-state index contributed by atoms with van der Waals surface area (Å²) in [5.74, 6) is -0.865. The lowest BCUT2D eigenvalue weighted by molar-refractivity contribution is 0.0691. The highest BCUT2D eigenvalue weighted by Crippen LogP contribution is 2.25. The van der Waals surface area contributed by atoms with Crippen molar-refractivity contribution in [2.45, 2.75) is 13.8 Å². The van der Waals surface area contributed by atoms with Crippen LogP contribution in [-0.4, -0.2) is 16.1 Å². The number of nitrogen functional groups attached to an aromatic ring is 1. The maximum atomic E-state index is 11.2. The number of nitrogens with two attached hydrogens (primary N) is 1. The summed E-state index contributed by atoms with van der Waals surface area (Å²) in [6, 6.07) is 9.11. The summed E-state index contributed by atoms with van der Waals surface area (Å²) in [5, 5.41) is 9.16. The Morgan fingerprint density at radius 1 is 1.17 bits per heavy atom. The molecule has 0 aliphatic carbocycles. The van der Waals surface area contributed by atoms with E-state index in [1.807, 2.05) is 32.0 Å². The maximum Gasteiger partial charge on any atom is 0.355 e. The summed E-state index contributed by atoms with van der Waals surface area (Å²) in [7, 11) is 0. The van der Waals surface area contributed by atoms with Gasteiger partial charge in [-0.2, -0.15) is 0 Å². The van der Waals surface area contributed by atoms with Crippen molar-refractivity contribution in [3.8, 4) is 11.1 Å². The lowest BCUT2D eigenvalue weighted by Gasteiger charge is -2.08. The Hall–Kier alpha value is -2.36. The molecule has 0 amide bonds. The van der Waals surface area contributed by atoms with E-state index in [0.29, 0.717) is 5.56 Å². The zero-order chi connectivity index (χ0) is 13.3. The van der Waals surface area contributed by atoms with Gasteiger partial charge in [-0.3, -0.25) is 0 Å². The second-order valence-electron chi connectivity index (χ2n) is 4.24. The molecule has 0 aliphatic rings. The number of carboxylic acid groups (broad SMARTS) is 1. The normalized spacial score (nSPS) is 10.3. The second kappa shape index (κ2) is 4.49. The van der Waals surface area contributed by atoms with Crippen LogP contribution in [0.4, 0.5) is 5.82 Å². The average Bonchev–Trinajstić information content (AvgIpc) is 2.32. The van der Waals surface area contributed by atoms with Crippen LogP contribution in [0.3, 0.4) is 0 Å². The third-order valence-corrected chi connectivity index (χ3v) is 2.94. The number of aromatic carboxylic acids is 1. The van der Waals surface area contributed by atoms with Crippen LogP contribution < -0.4 is 5.73 Å². The van der Waals surface area contributed by atoms with Crippen LogP contribution in [0.2, 0.25) is 0 Å². The summed E-state index contributed by atoms with van der Waals surface area (Å²) in [4.78, 5) is 15.1. The van der Waals surface area contributed by atoms with Gasteiger partial charge in [0.2, 0.25) is 0 Å². The van der Waals surface area contributed by atoms with Gasteiger partial charge >= 0.3 is 5.97 Å². The van der Waals surface area contributed by atoms with E-state index in [9.17, 15) is 4.79 Å². The largest absolute Gasteiger partial charge is 0.476 e.